The van der Waals surface area contributed by atoms with Gasteiger partial charge in [-0.15, -0.1) is 0 Å². The highest BCUT2D eigenvalue weighted by Gasteiger charge is 2.58. The fourth-order valence-corrected chi connectivity index (χ4v) is 4.53. The molecule has 0 saturated carbocycles. The zero-order valence-corrected chi connectivity index (χ0v) is 20.5. The van der Waals surface area contributed by atoms with E-state index in [0.29, 0.717) is 0 Å². The van der Waals surface area contributed by atoms with Crippen molar-refractivity contribution in [3.05, 3.63) is 0 Å². The van der Waals surface area contributed by atoms with Crippen molar-refractivity contribution in [2.75, 3.05) is 26.4 Å². The van der Waals surface area contributed by atoms with Crippen LogP contribution in [0, 0.1) is 0 Å². The van der Waals surface area contributed by atoms with Crippen LogP contribution in [0.4, 0.5) is 0 Å². The topological polar surface area (TPSA) is 333 Å². The molecule has 19 heteroatoms. The number of rotatable bonds is 9. The van der Waals surface area contributed by atoms with Gasteiger partial charge in [0, 0.05) is 0 Å². The van der Waals surface area contributed by atoms with Crippen molar-refractivity contribution in [2.24, 2.45) is 17.2 Å². The van der Waals surface area contributed by atoms with E-state index >= 15 is 0 Å². The predicted octanol–water partition coefficient (Wildman–Crippen LogP) is -8.81. The molecule has 0 aromatic rings. The molecule has 3 fully saturated rings. The quantitative estimate of drug-likeness (QED) is 0.113. The van der Waals surface area contributed by atoms with E-state index in [-0.39, 0.29) is 0 Å². The normalized spacial score (nSPS) is 49.0. The number of carbonyl (C=O) groups excluding carboxylic acids is 1. The molecule has 0 bridgehead atoms. The second-order valence-corrected chi connectivity index (χ2v) is 9.41. The molecule has 0 aliphatic carbocycles. The van der Waals surface area contributed by atoms with Gasteiger partial charge >= 0.3 is 5.97 Å². The third-order valence-corrected chi connectivity index (χ3v) is 6.84. The van der Waals surface area contributed by atoms with Crippen LogP contribution in [0.15, 0.2) is 0 Å². The summed E-state index contributed by atoms with van der Waals surface area (Å²) in [6.45, 7) is -3.90. The summed E-state index contributed by atoms with van der Waals surface area (Å²) in [5.41, 5.74) is 17.6. The van der Waals surface area contributed by atoms with E-state index in [1.54, 1.807) is 0 Å². The van der Waals surface area contributed by atoms with Gasteiger partial charge in [-0.2, -0.15) is 0 Å². The maximum absolute atomic E-state index is 11.7. The zero-order valence-electron chi connectivity index (χ0n) is 20.5. The van der Waals surface area contributed by atoms with Crippen molar-refractivity contribution in [3.63, 3.8) is 0 Å². The molecular weight excluding hydrogens is 538 g/mol. The van der Waals surface area contributed by atoms with Crippen LogP contribution in [0.2, 0.25) is 0 Å². The molecule has 39 heavy (non-hydrogen) atoms. The first-order valence-corrected chi connectivity index (χ1v) is 12.0. The summed E-state index contributed by atoms with van der Waals surface area (Å²) in [5, 5.41) is 90.2. The van der Waals surface area contributed by atoms with Crippen molar-refractivity contribution >= 4 is 5.97 Å². The molecule has 228 valence electrons. The molecule has 3 saturated heterocycles. The molecule has 0 amide bonds. The van der Waals surface area contributed by atoms with Crippen molar-refractivity contribution in [1.82, 2.24) is 0 Å². The molecular formula is C20H37N3O16. The molecule has 3 aliphatic rings. The first kappa shape index (κ1) is 32.3. The summed E-state index contributed by atoms with van der Waals surface area (Å²) >= 11 is 0. The Balaban J connectivity index is 1.78. The number of hydrogen-bond donors (Lipinski definition) is 12. The van der Waals surface area contributed by atoms with Crippen LogP contribution in [0.25, 0.3) is 0 Å². The minimum absolute atomic E-state index is 0.705. The summed E-state index contributed by atoms with van der Waals surface area (Å²) in [4.78, 5) is 11.7. The Bertz CT molecular complexity index is 811. The Morgan fingerprint density at radius 2 is 1.26 bits per heavy atom. The number of hydrogen-bond acceptors (Lipinski definition) is 19. The first-order valence-electron chi connectivity index (χ1n) is 12.0. The van der Waals surface area contributed by atoms with Crippen LogP contribution < -0.4 is 17.2 Å². The molecule has 0 aromatic carbocycles. The first-order chi connectivity index (χ1) is 18.3. The van der Waals surface area contributed by atoms with Crippen LogP contribution in [-0.2, 0) is 33.2 Å². The molecule has 3 heterocycles. The minimum atomic E-state index is -2.62. The van der Waals surface area contributed by atoms with Crippen molar-refractivity contribution < 1.29 is 79.2 Å². The second-order valence-electron chi connectivity index (χ2n) is 9.41. The molecule has 0 radical (unpaired) electrons. The third-order valence-electron chi connectivity index (χ3n) is 6.84. The number of carbonyl (C=O) groups is 1. The number of ether oxygens (including phenoxy) is 6. The Morgan fingerprint density at radius 1 is 0.744 bits per heavy atom. The van der Waals surface area contributed by atoms with E-state index in [1.807, 2.05) is 0 Å². The van der Waals surface area contributed by atoms with Gasteiger partial charge in [0.1, 0.15) is 62.0 Å². The van der Waals surface area contributed by atoms with Crippen molar-refractivity contribution in [3.8, 4) is 0 Å². The van der Waals surface area contributed by atoms with Gasteiger partial charge in [-0.05, 0) is 0 Å². The van der Waals surface area contributed by atoms with Gasteiger partial charge in [-0.1, -0.05) is 0 Å². The SMILES string of the molecule is N[C@H]1[C@@H](OC2[C@@H](CO)O[C@@H](OC3[C@@H](CO)O[C@@H](O)[C@H](N)[C@H]3O)[C@H](N)[C@H]2O)O[C@](CO)(OC(=O)CO)[C@@H](O)[C@@H]1O. The van der Waals surface area contributed by atoms with Gasteiger partial charge in [0.15, 0.2) is 18.9 Å². The molecule has 15 N–H and O–H groups in total. The smallest absolute Gasteiger partial charge is 0.334 e. The monoisotopic (exact) mass is 575 g/mol. The molecule has 15 atom stereocenters. The van der Waals surface area contributed by atoms with Gasteiger partial charge in [-0.3, -0.25) is 0 Å². The summed E-state index contributed by atoms with van der Waals surface area (Å²) in [6.07, 6.45) is -17.9. The third kappa shape index (κ3) is 6.34. The number of esters is 1. The van der Waals surface area contributed by atoms with Crippen LogP contribution in [0.3, 0.4) is 0 Å². The molecule has 0 aromatic heterocycles. The molecule has 3 aliphatic heterocycles. The van der Waals surface area contributed by atoms with Crippen LogP contribution >= 0.6 is 0 Å². The number of aliphatic hydroxyl groups excluding tert-OH is 9. The van der Waals surface area contributed by atoms with E-state index in [0.717, 1.165) is 0 Å². The average molecular weight is 576 g/mol. The van der Waals surface area contributed by atoms with Gasteiger partial charge in [-0.25, -0.2) is 4.79 Å². The maximum atomic E-state index is 11.7. The Kier molecular flexibility index (Phi) is 10.9. The van der Waals surface area contributed by atoms with E-state index < -0.39 is 124 Å². The molecule has 0 spiro atoms. The van der Waals surface area contributed by atoms with E-state index in [9.17, 15) is 45.6 Å². The van der Waals surface area contributed by atoms with E-state index in [2.05, 4.69) is 0 Å². The predicted molar refractivity (Wildman–Crippen MR) is 119 cm³/mol. The lowest BCUT2D eigenvalue weighted by molar-refractivity contribution is -0.399. The van der Waals surface area contributed by atoms with Gasteiger partial charge in [0.2, 0.25) is 0 Å². The lowest BCUT2D eigenvalue weighted by atomic mass is 9.93. The van der Waals surface area contributed by atoms with Crippen LogP contribution in [-0.4, -0.2) is 170 Å². The Morgan fingerprint density at radius 3 is 1.79 bits per heavy atom. The fraction of sp³-hybridized carbons (Fsp3) is 0.950. The standard InChI is InChI=1S/C20H37N3O16/c21-8-11(29)14(5(1-24)34-17(8)33)36-18-9(22)12(30)15(6(2-25)35-18)37-19-10(23)13(31)16(32)20(4-27,39-19)38-7(28)3-26/h5-6,8-19,24-27,29-33H,1-4,21-23H2/t5-,6-,8-,9-,10-,11-,12-,13-,14?,15?,16+,17-,18+,19+,20+/m1/s1. The van der Waals surface area contributed by atoms with Crippen molar-refractivity contribution in [1.29, 1.82) is 0 Å². The minimum Gasteiger partial charge on any atom is -0.426 e. The summed E-state index contributed by atoms with van der Waals surface area (Å²) in [6, 6.07) is -4.35. The lowest BCUT2D eigenvalue weighted by Gasteiger charge is -2.50. The second kappa shape index (κ2) is 13.2. The molecule has 19 nitrogen and oxygen atoms in total. The highest BCUT2D eigenvalue weighted by Crippen LogP contribution is 2.34. The lowest BCUT2D eigenvalue weighted by Crippen LogP contribution is -2.72. The number of aliphatic hydroxyl groups is 9. The van der Waals surface area contributed by atoms with Gasteiger partial charge in [0.25, 0.3) is 5.79 Å². The summed E-state index contributed by atoms with van der Waals surface area (Å²) < 4.78 is 32.2. The maximum Gasteiger partial charge on any atom is 0.334 e. The summed E-state index contributed by atoms with van der Waals surface area (Å²) in [7, 11) is 0. The van der Waals surface area contributed by atoms with Gasteiger partial charge < -0.3 is 91.6 Å². The highest BCUT2D eigenvalue weighted by atomic mass is 16.8. The fourth-order valence-electron chi connectivity index (χ4n) is 4.53. The summed E-state index contributed by atoms with van der Waals surface area (Å²) in [5.74, 6) is -3.95. The van der Waals surface area contributed by atoms with Gasteiger partial charge in [0.05, 0.1) is 31.3 Å². The van der Waals surface area contributed by atoms with Crippen LogP contribution in [0.1, 0.15) is 0 Å². The number of nitrogens with two attached hydrogens (primary N) is 3. The molecule has 2 unspecified atom stereocenters. The molecule has 3 rings (SSSR count). The average Bonchev–Trinajstić information content (AvgIpc) is 2.93. The van der Waals surface area contributed by atoms with Crippen molar-refractivity contribution in [2.45, 2.75) is 91.6 Å². The van der Waals surface area contributed by atoms with E-state index in [1.165, 1.54) is 0 Å². The van der Waals surface area contributed by atoms with Crippen LogP contribution in [0.5, 0.6) is 0 Å². The zero-order chi connectivity index (χ0) is 29.2. The van der Waals surface area contributed by atoms with E-state index in [4.69, 9.17) is 50.7 Å². The Labute approximate surface area is 221 Å². The highest BCUT2D eigenvalue weighted by molar-refractivity contribution is 5.70. The largest absolute Gasteiger partial charge is 0.426 e. The Hall–Kier alpha value is -1.21.